The van der Waals surface area contributed by atoms with Crippen LogP contribution in [0.2, 0.25) is 0 Å². The molecule has 0 bridgehead atoms. The molecule has 0 aliphatic heterocycles. The summed E-state index contributed by atoms with van der Waals surface area (Å²) in [5, 5.41) is 2.69. The zero-order valence-corrected chi connectivity index (χ0v) is 9.13. The molecule has 0 spiro atoms. The maximum absolute atomic E-state index is 13.0. The lowest BCUT2D eigenvalue weighted by atomic mass is 9.95. The number of methoxy groups -OCH3 is 1. The van der Waals surface area contributed by atoms with Crippen LogP contribution in [-0.4, -0.2) is 20.1 Å². The number of nitrogens with one attached hydrogen (secondary N) is 1. The largest absolute Gasteiger partial charge is 0.496 e. The maximum Gasteiger partial charge on any atom is 0.207 e. The van der Waals surface area contributed by atoms with Crippen molar-refractivity contribution in [3.8, 4) is 5.75 Å². The van der Waals surface area contributed by atoms with Gasteiger partial charge < -0.3 is 10.1 Å². The lowest BCUT2D eigenvalue weighted by Gasteiger charge is -2.18. The highest BCUT2D eigenvalue weighted by atomic mass is 19.1. The average Bonchev–Trinajstić information content (AvgIpc) is 3.07. The van der Waals surface area contributed by atoms with Crippen molar-refractivity contribution in [1.29, 1.82) is 0 Å². The lowest BCUT2D eigenvalue weighted by molar-refractivity contribution is -0.109. The first-order valence-electron chi connectivity index (χ1n) is 5.23. The molecule has 1 aliphatic carbocycles. The van der Waals surface area contributed by atoms with Gasteiger partial charge in [-0.15, -0.1) is 0 Å². The van der Waals surface area contributed by atoms with Crippen LogP contribution in [0.15, 0.2) is 18.2 Å². The second-order valence-corrected chi connectivity index (χ2v) is 4.12. The summed E-state index contributed by atoms with van der Waals surface area (Å²) in [5.41, 5.74) is 0.922. The summed E-state index contributed by atoms with van der Waals surface area (Å²) in [7, 11) is 1.53. The van der Waals surface area contributed by atoms with Gasteiger partial charge in [0.15, 0.2) is 0 Å². The van der Waals surface area contributed by atoms with E-state index in [9.17, 15) is 9.18 Å². The van der Waals surface area contributed by atoms with Crippen LogP contribution in [0.5, 0.6) is 5.75 Å². The van der Waals surface area contributed by atoms with E-state index in [2.05, 4.69) is 5.32 Å². The Kier molecular flexibility index (Phi) is 2.81. The highest BCUT2D eigenvalue weighted by Gasteiger charge is 2.45. The van der Waals surface area contributed by atoms with Gasteiger partial charge in [-0.25, -0.2) is 4.39 Å². The van der Waals surface area contributed by atoms with Gasteiger partial charge in [-0.2, -0.15) is 0 Å². The van der Waals surface area contributed by atoms with Crippen LogP contribution < -0.4 is 10.1 Å². The first-order valence-corrected chi connectivity index (χ1v) is 5.23. The quantitative estimate of drug-likeness (QED) is 0.770. The van der Waals surface area contributed by atoms with E-state index in [1.807, 2.05) is 0 Å². The minimum absolute atomic E-state index is 0.0556. The van der Waals surface area contributed by atoms with Crippen molar-refractivity contribution in [2.24, 2.45) is 0 Å². The molecule has 0 heterocycles. The molecule has 3 nitrogen and oxygen atoms in total. The molecule has 1 aromatic rings. The Bertz CT molecular complexity index is 402. The van der Waals surface area contributed by atoms with E-state index in [1.54, 1.807) is 6.07 Å². The molecule has 0 atom stereocenters. The van der Waals surface area contributed by atoms with Crippen LogP contribution in [0, 0.1) is 5.82 Å². The lowest BCUT2D eigenvalue weighted by Crippen LogP contribution is -2.26. The maximum atomic E-state index is 13.0. The molecule has 0 saturated heterocycles. The fourth-order valence-electron chi connectivity index (χ4n) is 2.03. The van der Waals surface area contributed by atoms with Gasteiger partial charge >= 0.3 is 0 Å². The monoisotopic (exact) mass is 223 g/mol. The fraction of sp³-hybridized carbons (Fsp3) is 0.417. The van der Waals surface area contributed by atoms with Crippen molar-refractivity contribution in [3.05, 3.63) is 29.6 Å². The minimum atomic E-state index is -0.306. The molecule has 1 saturated carbocycles. The molecule has 1 N–H and O–H groups in total. The number of benzene rings is 1. The second-order valence-electron chi connectivity index (χ2n) is 4.12. The highest BCUT2D eigenvalue weighted by molar-refractivity contribution is 5.49. The van der Waals surface area contributed by atoms with Crippen molar-refractivity contribution in [3.63, 3.8) is 0 Å². The predicted octanol–water partition coefficient (Wildman–Crippen LogP) is 1.61. The number of halogens is 1. The van der Waals surface area contributed by atoms with Crippen LogP contribution in [-0.2, 0) is 10.2 Å². The van der Waals surface area contributed by atoms with E-state index < -0.39 is 0 Å². The Morgan fingerprint density at radius 2 is 2.31 bits per heavy atom. The van der Waals surface area contributed by atoms with Crippen LogP contribution in [0.25, 0.3) is 0 Å². The molecule has 1 aromatic carbocycles. The molecule has 1 aliphatic rings. The highest BCUT2D eigenvalue weighted by Crippen LogP contribution is 2.50. The van der Waals surface area contributed by atoms with Gasteiger partial charge in [-0.1, -0.05) is 6.07 Å². The number of hydrogen-bond acceptors (Lipinski definition) is 2. The van der Waals surface area contributed by atoms with Gasteiger partial charge in [0.1, 0.15) is 11.6 Å². The molecular formula is C12H14FNO2. The van der Waals surface area contributed by atoms with E-state index in [0.29, 0.717) is 18.7 Å². The number of carbonyl (C=O) groups excluding carboxylic acids is 1. The number of amides is 1. The van der Waals surface area contributed by atoms with Gasteiger partial charge in [-0.3, -0.25) is 4.79 Å². The summed E-state index contributed by atoms with van der Waals surface area (Å²) in [6, 6.07) is 4.56. The van der Waals surface area contributed by atoms with Crippen molar-refractivity contribution in [2.75, 3.05) is 13.7 Å². The Morgan fingerprint density at radius 1 is 1.56 bits per heavy atom. The van der Waals surface area contributed by atoms with E-state index in [4.69, 9.17) is 4.74 Å². The van der Waals surface area contributed by atoms with Gasteiger partial charge in [0.05, 0.1) is 7.11 Å². The summed E-state index contributed by atoms with van der Waals surface area (Å²) in [4.78, 5) is 10.3. The van der Waals surface area contributed by atoms with E-state index >= 15 is 0 Å². The van der Waals surface area contributed by atoms with Crippen molar-refractivity contribution in [2.45, 2.75) is 18.3 Å². The Balaban J connectivity index is 2.29. The van der Waals surface area contributed by atoms with Crippen molar-refractivity contribution >= 4 is 6.41 Å². The fourth-order valence-corrected chi connectivity index (χ4v) is 2.03. The van der Waals surface area contributed by atoms with Crippen LogP contribution in [0.4, 0.5) is 4.39 Å². The predicted molar refractivity (Wildman–Crippen MR) is 57.9 cm³/mol. The van der Waals surface area contributed by atoms with Crippen LogP contribution in [0.1, 0.15) is 18.4 Å². The topological polar surface area (TPSA) is 38.3 Å². The van der Waals surface area contributed by atoms with E-state index in [1.165, 1.54) is 19.2 Å². The van der Waals surface area contributed by atoms with Crippen molar-refractivity contribution in [1.82, 2.24) is 5.32 Å². The van der Waals surface area contributed by atoms with Crippen LogP contribution in [0.3, 0.4) is 0 Å². The van der Waals surface area contributed by atoms with Crippen LogP contribution >= 0.6 is 0 Å². The molecule has 86 valence electrons. The third-order valence-corrected chi connectivity index (χ3v) is 3.11. The van der Waals surface area contributed by atoms with Crippen molar-refractivity contribution < 1.29 is 13.9 Å². The first kappa shape index (κ1) is 10.9. The molecular weight excluding hydrogens is 209 g/mol. The van der Waals surface area contributed by atoms with Gasteiger partial charge in [0, 0.05) is 23.6 Å². The molecule has 1 fully saturated rings. The standard InChI is InChI=1S/C12H14FNO2/c1-16-11-6-9(13)2-3-10(11)12(4-5-12)7-14-8-15/h2-3,6,8H,4-5,7H2,1H3,(H,14,15). The SMILES string of the molecule is COc1cc(F)ccc1C1(CNC=O)CC1. The number of rotatable bonds is 5. The second kappa shape index (κ2) is 4.12. The molecule has 1 amide bonds. The summed E-state index contributed by atoms with van der Waals surface area (Å²) in [6.45, 7) is 0.582. The molecule has 2 rings (SSSR count). The average molecular weight is 223 g/mol. The zero-order chi connectivity index (χ0) is 11.6. The number of ether oxygens (including phenoxy) is 1. The zero-order valence-electron chi connectivity index (χ0n) is 9.13. The Hall–Kier alpha value is -1.58. The third kappa shape index (κ3) is 1.87. The summed E-state index contributed by atoms with van der Waals surface area (Å²) >= 11 is 0. The summed E-state index contributed by atoms with van der Waals surface area (Å²) < 4.78 is 18.2. The Labute approximate surface area is 93.6 Å². The van der Waals surface area contributed by atoms with Gasteiger partial charge in [0.2, 0.25) is 6.41 Å². The van der Waals surface area contributed by atoms with E-state index in [0.717, 1.165) is 18.4 Å². The molecule has 16 heavy (non-hydrogen) atoms. The summed E-state index contributed by atoms with van der Waals surface area (Å²) in [6.07, 6.45) is 2.68. The minimum Gasteiger partial charge on any atom is -0.496 e. The summed E-state index contributed by atoms with van der Waals surface area (Å²) in [5.74, 6) is 0.255. The number of carbonyl (C=O) groups is 1. The number of hydrogen-bond donors (Lipinski definition) is 1. The smallest absolute Gasteiger partial charge is 0.207 e. The normalized spacial score (nSPS) is 16.6. The third-order valence-electron chi connectivity index (χ3n) is 3.11. The first-order chi connectivity index (χ1) is 7.72. The van der Waals surface area contributed by atoms with Gasteiger partial charge in [0.25, 0.3) is 0 Å². The molecule has 0 aromatic heterocycles. The Morgan fingerprint density at radius 3 is 2.88 bits per heavy atom. The van der Waals surface area contributed by atoms with E-state index in [-0.39, 0.29) is 11.2 Å². The molecule has 0 unspecified atom stereocenters. The molecule has 4 heteroatoms. The van der Waals surface area contributed by atoms with Gasteiger partial charge in [-0.05, 0) is 18.9 Å². The molecule has 0 radical (unpaired) electrons.